The van der Waals surface area contributed by atoms with Crippen molar-refractivity contribution in [2.45, 2.75) is 23.1 Å². The summed E-state index contributed by atoms with van der Waals surface area (Å²) in [6, 6.07) is 17.8. The molecule has 0 saturated carbocycles. The predicted molar refractivity (Wildman–Crippen MR) is 106 cm³/mol. The number of aryl methyl sites for hydroxylation is 1. The van der Waals surface area contributed by atoms with E-state index in [0.29, 0.717) is 6.42 Å². The molecule has 3 heterocycles. The largest absolute Gasteiger partial charge is 0.318 e. The van der Waals surface area contributed by atoms with E-state index < -0.39 is 9.74 Å². The van der Waals surface area contributed by atoms with E-state index in [4.69, 9.17) is 0 Å². The van der Waals surface area contributed by atoms with Gasteiger partial charge in [-0.25, -0.2) is 0 Å². The van der Waals surface area contributed by atoms with E-state index in [1.165, 1.54) is 21.6 Å². The third-order valence-electron chi connectivity index (χ3n) is 5.28. The fourth-order valence-corrected chi connectivity index (χ4v) is 7.50. The van der Waals surface area contributed by atoms with Gasteiger partial charge in [-0.15, -0.1) is 0 Å². The van der Waals surface area contributed by atoms with Crippen molar-refractivity contribution >= 4 is 33.4 Å². The second kappa shape index (κ2) is 6.06. The van der Waals surface area contributed by atoms with Gasteiger partial charge >= 0.3 is 0 Å². The van der Waals surface area contributed by atoms with Crippen LogP contribution in [0, 0.1) is 6.92 Å². The molecule has 2 aromatic rings. The van der Waals surface area contributed by atoms with Gasteiger partial charge in [0, 0.05) is 20.5 Å². The lowest BCUT2D eigenvalue weighted by Crippen LogP contribution is -2.74. The Labute approximate surface area is 161 Å². The lowest BCUT2D eigenvalue weighted by atomic mass is 9.93. The third-order valence-corrected chi connectivity index (χ3v) is 8.96. The van der Waals surface area contributed by atoms with Crippen LogP contribution in [0.1, 0.15) is 16.7 Å². The second-order valence-corrected chi connectivity index (χ2v) is 9.45. The van der Waals surface area contributed by atoms with Gasteiger partial charge in [0.2, 0.25) is 4.87 Å². The van der Waals surface area contributed by atoms with Gasteiger partial charge in [-0.1, -0.05) is 71.0 Å². The van der Waals surface area contributed by atoms with E-state index >= 15 is 0 Å². The van der Waals surface area contributed by atoms with Crippen molar-refractivity contribution in [2.24, 2.45) is 0 Å². The molecule has 0 spiro atoms. The van der Waals surface area contributed by atoms with Gasteiger partial charge in [-0.3, -0.25) is 9.59 Å². The number of carbonyl (C=O) groups is 2. The van der Waals surface area contributed by atoms with Gasteiger partial charge in [-0.05, 0) is 28.8 Å². The minimum absolute atomic E-state index is 0.0206. The van der Waals surface area contributed by atoms with E-state index in [2.05, 4.69) is 0 Å². The normalized spacial score (nSPS) is 28.0. The smallest absolute Gasteiger partial charge is 0.266 e. The molecule has 26 heavy (non-hydrogen) atoms. The maximum atomic E-state index is 13.4. The topological polar surface area (TPSA) is 40.6 Å². The first kappa shape index (κ1) is 17.5. The van der Waals surface area contributed by atoms with Gasteiger partial charge < -0.3 is 9.80 Å². The summed E-state index contributed by atoms with van der Waals surface area (Å²) >= 11 is 0. The Balaban J connectivity index is 1.78. The Bertz CT molecular complexity index is 871. The zero-order valence-corrected chi connectivity index (χ0v) is 16.6. The zero-order valence-electron chi connectivity index (χ0n) is 14.9. The molecule has 2 amide bonds. The number of hydrogen-bond donors (Lipinski definition) is 0. The van der Waals surface area contributed by atoms with Crippen LogP contribution in [0.15, 0.2) is 54.6 Å². The standard InChI is InChI=1S/C20H20N2O2S2/c1-14-9-11-16(12-10-14)20-18(24)21(2)19(25-26-20,17(23)22(20)3)13-15-7-5-4-6-8-15/h4-12H,13H2,1-3H3. The fourth-order valence-electron chi connectivity index (χ4n) is 3.64. The highest BCUT2D eigenvalue weighted by molar-refractivity contribution is 8.78. The molecule has 2 aromatic carbocycles. The summed E-state index contributed by atoms with van der Waals surface area (Å²) in [5, 5.41) is 0. The summed E-state index contributed by atoms with van der Waals surface area (Å²) in [7, 11) is 6.50. The summed E-state index contributed by atoms with van der Waals surface area (Å²) in [6.07, 6.45) is 0.501. The summed E-state index contributed by atoms with van der Waals surface area (Å²) in [4.78, 5) is 28.3. The SMILES string of the molecule is Cc1ccc(C23SSC(Cc4ccccc4)(C(=O)N2C)N(C)C3=O)cc1. The van der Waals surface area contributed by atoms with Crippen LogP contribution in [0.4, 0.5) is 0 Å². The number of benzene rings is 2. The predicted octanol–water partition coefficient (Wildman–Crippen LogP) is 3.41. The molecular weight excluding hydrogens is 364 g/mol. The highest BCUT2D eigenvalue weighted by atomic mass is 33.1. The maximum Gasteiger partial charge on any atom is 0.266 e. The van der Waals surface area contributed by atoms with E-state index in [1.54, 1.807) is 23.9 Å². The molecule has 0 aliphatic carbocycles. The van der Waals surface area contributed by atoms with E-state index in [1.807, 2.05) is 61.5 Å². The van der Waals surface area contributed by atoms with Crippen molar-refractivity contribution in [1.29, 1.82) is 0 Å². The van der Waals surface area contributed by atoms with Crippen LogP contribution >= 0.6 is 21.6 Å². The van der Waals surface area contributed by atoms with Gasteiger partial charge in [0.15, 0.2) is 4.87 Å². The van der Waals surface area contributed by atoms with Gasteiger partial charge in [0.25, 0.3) is 11.8 Å². The Morgan fingerprint density at radius 1 is 0.846 bits per heavy atom. The van der Waals surface area contributed by atoms with Crippen LogP contribution in [0.2, 0.25) is 0 Å². The second-order valence-electron chi connectivity index (χ2n) is 6.85. The van der Waals surface area contributed by atoms with Crippen LogP contribution in [-0.4, -0.2) is 40.6 Å². The Morgan fingerprint density at radius 3 is 2.15 bits per heavy atom. The molecule has 0 aromatic heterocycles. The van der Waals surface area contributed by atoms with Crippen molar-refractivity contribution in [3.63, 3.8) is 0 Å². The third kappa shape index (κ3) is 2.25. The molecule has 3 aliphatic heterocycles. The first-order valence-electron chi connectivity index (χ1n) is 8.46. The highest BCUT2D eigenvalue weighted by Crippen LogP contribution is 2.62. The monoisotopic (exact) mass is 384 g/mol. The lowest BCUT2D eigenvalue weighted by molar-refractivity contribution is -0.164. The summed E-state index contributed by atoms with van der Waals surface area (Å²) in [5.41, 5.74) is 3.02. The maximum absolute atomic E-state index is 13.4. The van der Waals surface area contributed by atoms with Crippen LogP contribution in [0.25, 0.3) is 0 Å². The number of hydrogen-bond acceptors (Lipinski definition) is 4. The molecule has 2 atom stereocenters. The molecule has 0 radical (unpaired) electrons. The average molecular weight is 385 g/mol. The molecule has 2 unspecified atom stereocenters. The number of amides is 2. The first-order chi connectivity index (χ1) is 12.4. The minimum Gasteiger partial charge on any atom is -0.318 e. The Morgan fingerprint density at radius 2 is 1.50 bits per heavy atom. The average Bonchev–Trinajstić information content (AvgIpc) is 2.66. The minimum atomic E-state index is -0.997. The van der Waals surface area contributed by atoms with Gasteiger partial charge in [0.05, 0.1) is 0 Å². The lowest BCUT2D eigenvalue weighted by Gasteiger charge is -2.59. The Kier molecular flexibility index (Phi) is 4.08. The number of fused-ring (bicyclic) bond motifs is 3. The molecule has 2 bridgehead atoms. The van der Waals surface area contributed by atoms with Crippen molar-refractivity contribution < 1.29 is 9.59 Å². The van der Waals surface area contributed by atoms with Crippen LogP contribution in [-0.2, 0) is 20.9 Å². The molecule has 6 heteroatoms. The van der Waals surface area contributed by atoms with Crippen molar-refractivity contribution in [3.05, 3.63) is 71.3 Å². The quantitative estimate of drug-likeness (QED) is 0.761. The van der Waals surface area contributed by atoms with Crippen molar-refractivity contribution in [1.82, 2.24) is 9.80 Å². The number of rotatable bonds is 3. The number of likely N-dealkylation sites (N-methyl/N-ethyl adjacent to an activating group) is 2. The molecule has 134 valence electrons. The molecule has 4 nitrogen and oxygen atoms in total. The number of carbonyl (C=O) groups excluding carboxylic acids is 2. The summed E-state index contributed by atoms with van der Waals surface area (Å²) in [5.74, 6) is -0.0593. The van der Waals surface area contributed by atoms with Crippen LogP contribution in [0.5, 0.6) is 0 Å². The fraction of sp³-hybridized carbons (Fsp3) is 0.300. The van der Waals surface area contributed by atoms with Gasteiger partial charge in [0.1, 0.15) is 0 Å². The molecule has 3 aliphatic rings. The molecule has 5 rings (SSSR count). The molecular formula is C20H20N2O2S2. The summed E-state index contributed by atoms with van der Waals surface area (Å²) < 4.78 is 0. The zero-order chi connectivity index (χ0) is 18.5. The van der Waals surface area contributed by atoms with Gasteiger partial charge in [-0.2, -0.15) is 0 Å². The first-order valence-corrected chi connectivity index (χ1v) is 10.6. The van der Waals surface area contributed by atoms with E-state index in [0.717, 1.165) is 16.7 Å². The molecule has 3 saturated heterocycles. The van der Waals surface area contributed by atoms with Crippen LogP contribution in [0.3, 0.4) is 0 Å². The highest BCUT2D eigenvalue weighted by Gasteiger charge is 2.67. The van der Waals surface area contributed by atoms with Crippen molar-refractivity contribution in [3.8, 4) is 0 Å². The van der Waals surface area contributed by atoms with E-state index in [9.17, 15) is 9.59 Å². The Hall–Kier alpha value is -1.92. The molecule has 3 fully saturated rings. The van der Waals surface area contributed by atoms with Crippen molar-refractivity contribution in [2.75, 3.05) is 14.1 Å². The number of piperazine rings is 1. The number of nitrogens with zero attached hydrogens (tertiary/aromatic N) is 2. The van der Waals surface area contributed by atoms with E-state index in [-0.39, 0.29) is 11.8 Å². The van der Waals surface area contributed by atoms with Crippen LogP contribution < -0.4 is 0 Å². The molecule has 0 N–H and O–H groups in total. The summed E-state index contributed by atoms with van der Waals surface area (Å²) in [6.45, 7) is 2.01.